The van der Waals surface area contributed by atoms with Gasteiger partial charge in [-0.25, -0.2) is 25.7 Å². The molecule has 0 aromatic carbocycles. The number of amides is 3. The Labute approximate surface area is 307 Å². The zero-order valence-electron chi connectivity index (χ0n) is 31.6. The number of hydroxylamine groups is 2. The van der Waals surface area contributed by atoms with E-state index in [-0.39, 0.29) is 53.6 Å². The van der Waals surface area contributed by atoms with E-state index in [9.17, 15) is 24.3 Å². The number of aryl methyl sites for hydroxylation is 2. The molecular formula is C38H61N5O9. The zero-order valence-corrected chi connectivity index (χ0v) is 31.6. The fourth-order valence-electron chi connectivity index (χ4n) is 7.33. The van der Waals surface area contributed by atoms with E-state index in [1.165, 1.54) is 64.2 Å². The fourth-order valence-corrected chi connectivity index (χ4v) is 7.33. The fraction of sp³-hybridized carbons (Fsp3) is 0.737. The van der Waals surface area contributed by atoms with Crippen LogP contribution >= 0.6 is 0 Å². The molecule has 3 amide bonds. The van der Waals surface area contributed by atoms with Gasteiger partial charge in [0.25, 0.3) is 5.91 Å². The number of oxazole rings is 2. The molecule has 0 spiro atoms. The zero-order chi connectivity index (χ0) is 37.9. The van der Waals surface area contributed by atoms with Gasteiger partial charge < -0.3 is 19.7 Å². The number of nitrogens with zero attached hydrogens (tertiary/aromatic N) is 2. The molecule has 0 aliphatic heterocycles. The van der Waals surface area contributed by atoms with E-state index in [1.807, 2.05) is 0 Å². The Balaban J connectivity index is 0.000000280. The summed E-state index contributed by atoms with van der Waals surface area (Å²) in [5.74, 6) is 0.336. The molecular weight excluding hydrogens is 670 g/mol. The lowest BCUT2D eigenvalue weighted by atomic mass is 9.84. The number of carboxylic acids is 1. The van der Waals surface area contributed by atoms with E-state index in [0.717, 1.165) is 50.4 Å². The lowest BCUT2D eigenvalue weighted by Gasteiger charge is -2.22. The first-order valence-corrected chi connectivity index (χ1v) is 19.3. The number of nitrogens with two attached hydrogens (primary N) is 1. The molecule has 2 fully saturated rings. The minimum absolute atomic E-state index is 0.0810. The third kappa shape index (κ3) is 14.7. The number of aromatic carboxylic acids is 1. The molecule has 0 unspecified atom stereocenters. The Kier molecular flexibility index (Phi) is 18.9. The van der Waals surface area contributed by atoms with E-state index >= 15 is 0 Å². The number of carbonyl (C=O) groups excluding carboxylic acids is 3. The van der Waals surface area contributed by atoms with Crippen molar-refractivity contribution in [3.05, 3.63) is 34.7 Å². The van der Waals surface area contributed by atoms with Crippen LogP contribution in [0.4, 0.5) is 0 Å². The van der Waals surface area contributed by atoms with E-state index in [1.54, 1.807) is 27.7 Å². The Bertz CT molecular complexity index is 1290. The second kappa shape index (κ2) is 23.0. The number of nitrogens with one attached hydrogen (secondary N) is 2. The van der Waals surface area contributed by atoms with Gasteiger partial charge in [0.05, 0.1) is 13.2 Å². The Morgan fingerprint density at radius 2 is 1.13 bits per heavy atom. The first-order valence-electron chi connectivity index (χ1n) is 19.3. The summed E-state index contributed by atoms with van der Waals surface area (Å²) in [6.07, 6.45) is 19.3. The number of primary amides is 1. The molecule has 2 aliphatic carbocycles. The molecule has 52 heavy (non-hydrogen) atoms. The first kappa shape index (κ1) is 42.6. The number of rotatable bonds is 20. The van der Waals surface area contributed by atoms with Crippen LogP contribution in [0, 0.1) is 25.7 Å². The van der Waals surface area contributed by atoms with Crippen molar-refractivity contribution in [3.63, 3.8) is 0 Å². The molecule has 2 saturated carbocycles. The van der Waals surface area contributed by atoms with Crippen LogP contribution in [0.3, 0.4) is 0 Å². The standard InChI is InChI=1S/C19H31N3O4.C19H30N2O5/c1-3-25-22-16(23)12-15(11-7-10-14-8-5-4-6-9-14)19-21-17(18(20)24)13(2)26-19;1-3-25-21-16(22)12-15(11-7-10-14-8-5-4-6-9-14)18-20-17(19(23)24)13(2)26-18/h14-15H,3-12H2,1-2H3,(H2,20,24)(H,22,23);14-15H,3-12H2,1-2H3,(H,21,22)(H,23,24)/t2*15-/m11/s1. The highest BCUT2D eigenvalue weighted by Crippen LogP contribution is 2.33. The second-order valence-electron chi connectivity index (χ2n) is 14.2. The molecule has 14 nitrogen and oxygen atoms in total. The Hall–Kier alpha value is -3.78. The summed E-state index contributed by atoms with van der Waals surface area (Å²) in [5.41, 5.74) is 10.2. The van der Waals surface area contributed by atoms with E-state index < -0.39 is 11.9 Å². The molecule has 2 aromatic heterocycles. The van der Waals surface area contributed by atoms with Crippen molar-refractivity contribution in [1.29, 1.82) is 0 Å². The summed E-state index contributed by atoms with van der Waals surface area (Å²) in [5, 5.41) is 9.18. The molecule has 4 rings (SSSR count). The lowest BCUT2D eigenvalue weighted by Crippen LogP contribution is -2.25. The maximum absolute atomic E-state index is 12.1. The SMILES string of the molecule is CCONC(=O)C[C@@H](CCCC1CCCCC1)c1nc(C(=O)O)c(C)o1.CCONC(=O)C[C@@H](CCCC1CCCCC1)c1nc(C(N)=O)c(C)o1. The van der Waals surface area contributed by atoms with Gasteiger partial charge in [-0.3, -0.25) is 24.1 Å². The predicted molar refractivity (Wildman–Crippen MR) is 193 cm³/mol. The molecule has 0 saturated heterocycles. The van der Waals surface area contributed by atoms with Gasteiger partial charge in [0.1, 0.15) is 11.5 Å². The molecule has 2 atom stereocenters. The number of carbonyl (C=O) groups is 4. The Morgan fingerprint density at radius 1 is 0.731 bits per heavy atom. The summed E-state index contributed by atoms with van der Waals surface area (Å²) in [4.78, 5) is 65.1. The van der Waals surface area contributed by atoms with Crippen LogP contribution in [0.5, 0.6) is 0 Å². The van der Waals surface area contributed by atoms with Crippen molar-refractivity contribution in [2.75, 3.05) is 13.2 Å². The van der Waals surface area contributed by atoms with E-state index in [4.69, 9.17) is 24.2 Å². The smallest absolute Gasteiger partial charge is 0.358 e. The van der Waals surface area contributed by atoms with E-state index in [0.29, 0.717) is 30.8 Å². The van der Waals surface area contributed by atoms with Crippen molar-refractivity contribution in [2.24, 2.45) is 17.6 Å². The molecule has 2 heterocycles. The van der Waals surface area contributed by atoms with Crippen LogP contribution in [0.2, 0.25) is 0 Å². The topological polar surface area (TPSA) is 209 Å². The highest BCUT2D eigenvalue weighted by atomic mass is 16.7. The van der Waals surface area contributed by atoms with Crippen LogP contribution in [0.1, 0.15) is 186 Å². The first-order chi connectivity index (χ1) is 25.0. The average molecular weight is 732 g/mol. The third-order valence-electron chi connectivity index (χ3n) is 10.1. The number of hydrogen-bond donors (Lipinski definition) is 4. The quantitative estimate of drug-likeness (QED) is 0.0990. The molecule has 0 bridgehead atoms. The summed E-state index contributed by atoms with van der Waals surface area (Å²) in [6, 6.07) is 0. The van der Waals surface area contributed by atoms with Crippen LogP contribution in [0.15, 0.2) is 8.83 Å². The monoisotopic (exact) mass is 731 g/mol. The maximum Gasteiger partial charge on any atom is 0.358 e. The predicted octanol–water partition coefficient (Wildman–Crippen LogP) is 7.35. The molecule has 2 aromatic rings. The molecule has 0 radical (unpaired) electrons. The van der Waals surface area contributed by atoms with E-state index in [2.05, 4.69) is 20.9 Å². The molecule has 2 aliphatic rings. The maximum atomic E-state index is 12.1. The average Bonchev–Trinajstić information content (AvgIpc) is 3.73. The van der Waals surface area contributed by atoms with Gasteiger partial charge >= 0.3 is 5.97 Å². The van der Waals surface area contributed by atoms with Gasteiger partial charge in [0.15, 0.2) is 23.2 Å². The molecule has 5 N–H and O–H groups in total. The van der Waals surface area contributed by atoms with Crippen molar-refractivity contribution >= 4 is 23.7 Å². The Morgan fingerprint density at radius 3 is 1.48 bits per heavy atom. The van der Waals surface area contributed by atoms with Crippen LogP contribution in [-0.2, 0) is 19.3 Å². The van der Waals surface area contributed by atoms with Gasteiger partial charge in [0.2, 0.25) is 11.8 Å². The van der Waals surface area contributed by atoms with Crippen molar-refractivity contribution in [2.45, 2.75) is 155 Å². The minimum Gasteiger partial charge on any atom is -0.476 e. The summed E-state index contributed by atoms with van der Waals surface area (Å²) >= 11 is 0. The van der Waals surface area contributed by atoms with Crippen molar-refractivity contribution < 1.29 is 42.8 Å². The number of hydrogen-bond acceptors (Lipinski definition) is 10. The van der Waals surface area contributed by atoms with Crippen molar-refractivity contribution in [3.8, 4) is 0 Å². The van der Waals surface area contributed by atoms with Crippen LogP contribution in [0.25, 0.3) is 0 Å². The number of carboxylic acid groups (broad SMARTS) is 1. The van der Waals surface area contributed by atoms with Gasteiger partial charge in [-0.05, 0) is 52.4 Å². The largest absolute Gasteiger partial charge is 0.476 e. The van der Waals surface area contributed by atoms with Crippen molar-refractivity contribution in [1.82, 2.24) is 20.9 Å². The lowest BCUT2D eigenvalue weighted by molar-refractivity contribution is -0.134. The minimum atomic E-state index is -1.11. The summed E-state index contributed by atoms with van der Waals surface area (Å²) in [6.45, 7) is 7.63. The molecule has 14 heteroatoms. The van der Waals surface area contributed by atoms with Gasteiger partial charge in [-0.2, -0.15) is 0 Å². The van der Waals surface area contributed by atoms with Crippen LogP contribution in [-0.4, -0.2) is 52.0 Å². The third-order valence-corrected chi connectivity index (χ3v) is 10.1. The van der Waals surface area contributed by atoms with Gasteiger partial charge in [-0.15, -0.1) is 0 Å². The van der Waals surface area contributed by atoms with Gasteiger partial charge in [-0.1, -0.05) is 89.9 Å². The normalized spacial score (nSPS) is 16.4. The van der Waals surface area contributed by atoms with Crippen LogP contribution < -0.4 is 16.7 Å². The summed E-state index contributed by atoms with van der Waals surface area (Å²) < 4.78 is 11.2. The highest BCUT2D eigenvalue weighted by molar-refractivity contribution is 5.91. The molecule has 292 valence electrons. The summed E-state index contributed by atoms with van der Waals surface area (Å²) in [7, 11) is 0. The van der Waals surface area contributed by atoms with Gasteiger partial charge in [0, 0.05) is 24.7 Å². The number of aromatic nitrogens is 2. The second-order valence-corrected chi connectivity index (χ2v) is 14.2. The highest BCUT2D eigenvalue weighted by Gasteiger charge is 2.27.